The number of nitrogens with one attached hydrogen (secondary N) is 1. The number of carboxylic acid groups (broad SMARTS) is 1. The zero-order valence-electron chi connectivity index (χ0n) is 9.33. The molecule has 1 amide bonds. The molecule has 1 aromatic heterocycles. The molecule has 0 aliphatic carbocycles. The Labute approximate surface area is 103 Å². The highest BCUT2D eigenvalue weighted by molar-refractivity contribution is 5.83. The van der Waals surface area contributed by atoms with Crippen molar-refractivity contribution in [3.8, 4) is 11.6 Å². The summed E-state index contributed by atoms with van der Waals surface area (Å²) in [6.07, 6.45) is 0.354. The lowest BCUT2D eigenvalue weighted by Crippen LogP contribution is -2.06. The molecule has 6 heteroatoms. The fourth-order valence-corrected chi connectivity index (χ4v) is 1.33. The Bertz CT molecular complexity index is 555. The van der Waals surface area contributed by atoms with E-state index in [1.807, 2.05) is 0 Å². The van der Waals surface area contributed by atoms with E-state index in [0.717, 1.165) is 0 Å². The second-order valence-electron chi connectivity index (χ2n) is 3.49. The Balaban J connectivity index is 2.13. The van der Waals surface area contributed by atoms with Crippen LogP contribution in [0.3, 0.4) is 0 Å². The molecule has 0 atom stereocenters. The van der Waals surface area contributed by atoms with E-state index in [1.165, 1.54) is 6.20 Å². The van der Waals surface area contributed by atoms with E-state index in [-0.39, 0.29) is 0 Å². The molecular formula is C12H11N3O3. The third-order valence-corrected chi connectivity index (χ3v) is 2.07. The number of benzene rings is 1. The SMILES string of the molecule is Nc1ccc(Oc2cccc(NC(=O)O)c2)nc1. The van der Waals surface area contributed by atoms with E-state index in [2.05, 4.69) is 10.3 Å². The molecule has 0 saturated heterocycles. The predicted molar refractivity (Wildman–Crippen MR) is 66.8 cm³/mol. The minimum absolute atomic E-state index is 0.386. The van der Waals surface area contributed by atoms with Crippen LogP contribution in [0.2, 0.25) is 0 Å². The van der Waals surface area contributed by atoms with E-state index in [9.17, 15) is 4.79 Å². The van der Waals surface area contributed by atoms with Crippen LogP contribution in [0, 0.1) is 0 Å². The Morgan fingerprint density at radius 3 is 2.83 bits per heavy atom. The van der Waals surface area contributed by atoms with Gasteiger partial charge in [-0.05, 0) is 18.2 Å². The van der Waals surface area contributed by atoms with E-state index in [0.29, 0.717) is 23.0 Å². The third kappa shape index (κ3) is 3.11. The maximum atomic E-state index is 10.5. The number of ether oxygens (including phenoxy) is 1. The number of hydrogen-bond acceptors (Lipinski definition) is 4. The van der Waals surface area contributed by atoms with E-state index in [4.69, 9.17) is 15.6 Å². The van der Waals surface area contributed by atoms with Gasteiger partial charge in [0.25, 0.3) is 0 Å². The van der Waals surface area contributed by atoms with Gasteiger partial charge in [-0.3, -0.25) is 5.32 Å². The molecule has 18 heavy (non-hydrogen) atoms. The van der Waals surface area contributed by atoms with Crippen LogP contribution < -0.4 is 15.8 Å². The number of nitrogens with two attached hydrogens (primary N) is 1. The second-order valence-corrected chi connectivity index (χ2v) is 3.49. The highest BCUT2D eigenvalue weighted by atomic mass is 16.5. The zero-order valence-corrected chi connectivity index (χ0v) is 9.33. The van der Waals surface area contributed by atoms with Crippen molar-refractivity contribution in [2.75, 3.05) is 11.1 Å². The molecule has 1 heterocycles. The molecule has 4 N–H and O–H groups in total. The first-order valence-corrected chi connectivity index (χ1v) is 5.13. The van der Waals surface area contributed by atoms with Crippen LogP contribution in [0.4, 0.5) is 16.2 Å². The van der Waals surface area contributed by atoms with Gasteiger partial charge in [0.2, 0.25) is 5.88 Å². The van der Waals surface area contributed by atoms with Crippen LogP contribution in [0.5, 0.6) is 11.6 Å². The van der Waals surface area contributed by atoms with Gasteiger partial charge in [0.1, 0.15) is 5.75 Å². The van der Waals surface area contributed by atoms with Gasteiger partial charge in [-0.2, -0.15) is 0 Å². The van der Waals surface area contributed by atoms with Gasteiger partial charge in [-0.25, -0.2) is 9.78 Å². The number of nitrogen functional groups attached to an aromatic ring is 1. The summed E-state index contributed by atoms with van der Waals surface area (Å²) >= 11 is 0. The number of aromatic nitrogens is 1. The highest BCUT2D eigenvalue weighted by Crippen LogP contribution is 2.22. The van der Waals surface area contributed by atoms with Crippen LogP contribution in [0.1, 0.15) is 0 Å². The van der Waals surface area contributed by atoms with Gasteiger partial charge in [0, 0.05) is 17.8 Å². The predicted octanol–water partition coefficient (Wildman–Crippen LogP) is 2.55. The molecular weight excluding hydrogens is 234 g/mol. The lowest BCUT2D eigenvalue weighted by atomic mass is 10.3. The monoisotopic (exact) mass is 245 g/mol. The lowest BCUT2D eigenvalue weighted by Gasteiger charge is -2.06. The highest BCUT2D eigenvalue weighted by Gasteiger charge is 2.02. The maximum Gasteiger partial charge on any atom is 0.409 e. The van der Waals surface area contributed by atoms with Crippen molar-refractivity contribution < 1.29 is 14.6 Å². The summed E-state index contributed by atoms with van der Waals surface area (Å²) in [6, 6.07) is 9.86. The molecule has 0 fully saturated rings. The third-order valence-electron chi connectivity index (χ3n) is 2.07. The van der Waals surface area contributed by atoms with Crippen molar-refractivity contribution in [2.45, 2.75) is 0 Å². The number of pyridine rings is 1. The summed E-state index contributed by atoms with van der Waals surface area (Å²) in [5.41, 5.74) is 6.48. The number of rotatable bonds is 3. The molecule has 6 nitrogen and oxygen atoms in total. The standard InChI is InChI=1S/C12H11N3O3/c13-8-4-5-11(14-7-8)18-10-3-1-2-9(6-10)15-12(16)17/h1-7,15H,13H2,(H,16,17). The Morgan fingerprint density at radius 1 is 1.33 bits per heavy atom. The van der Waals surface area contributed by atoms with Crippen molar-refractivity contribution in [3.05, 3.63) is 42.6 Å². The van der Waals surface area contributed by atoms with Crippen molar-refractivity contribution in [3.63, 3.8) is 0 Å². The van der Waals surface area contributed by atoms with Crippen molar-refractivity contribution in [2.24, 2.45) is 0 Å². The normalized spacial score (nSPS) is 9.78. The topological polar surface area (TPSA) is 97.5 Å². The van der Waals surface area contributed by atoms with Crippen molar-refractivity contribution in [1.82, 2.24) is 4.98 Å². The van der Waals surface area contributed by atoms with Crippen molar-refractivity contribution >= 4 is 17.5 Å². The summed E-state index contributed by atoms with van der Waals surface area (Å²) in [4.78, 5) is 14.5. The second kappa shape index (κ2) is 5.05. The molecule has 92 valence electrons. The van der Waals surface area contributed by atoms with Gasteiger partial charge in [0.05, 0.1) is 11.9 Å². The van der Waals surface area contributed by atoms with E-state index >= 15 is 0 Å². The number of nitrogens with zero attached hydrogens (tertiary/aromatic N) is 1. The number of carbonyl (C=O) groups is 1. The fraction of sp³-hybridized carbons (Fsp3) is 0. The molecule has 1 aromatic carbocycles. The van der Waals surface area contributed by atoms with Crippen LogP contribution in [0.15, 0.2) is 42.6 Å². The Kier molecular flexibility index (Phi) is 3.29. The molecule has 0 spiro atoms. The molecule has 0 bridgehead atoms. The summed E-state index contributed by atoms with van der Waals surface area (Å²) < 4.78 is 5.46. The first-order valence-electron chi connectivity index (χ1n) is 5.13. The lowest BCUT2D eigenvalue weighted by molar-refractivity contribution is 0.210. The minimum Gasteiger partial charge on any atom is -0.465 e. The Morgan fingerprint density at radius 2 is 2.17 bits per heavy atom. The van der Waals surface area contributed by atoms with Gasteiger partial charge in [-0.1, -0.05) is 6.07 Å². The van der Waals surface area contributed by atoms with Crippen LogP contribution in [0.25, 0.3) is 0 Å². The zero-order chi connectivity index (χ0) is 13.0. The van der Waals surface area contributed by atoms with E-state index < -0.39 is 6.09 Å². The van der Waals surface area contributed by atoms with Gasteiger partial charge in [0.15, 0.2) is 0 Å². The van der Waals surface area contributed by atoms with Crippen LogP contribution in [-0.4, -0.2) is 16.2 Å². The maximum absolute atomic E-state index is 10.5. The summed E-state index contributed by atoms with van der Waals surface area (Å²) in [5, 5.41) is 10.8. The fourth-order valence-electron chi connectivity index (χ4n) is 1.33. The average molecular weight is 245 g/mol. The molecule has 0 aliphatic heterocycles. The molecule has 0 saturated carbocycles. The summed E-state index contributed by atoms with van der Waals surface area (Å²) in [7, 11) is 0. The van der Waals surface area contributed by atoms with E-state index in [1.54, 1.807) is 36.4 Å². The van der Waals surface area contributed by atoms with Gasteiger partial charge >= 0.3 is 6.09 Å². The van der Waals surface area contributed by atoms with Gasteiger partial charge < -0.3 is 15.6 Å². The molecule has 0 radical (unpaired) electrons. The molecule has 0 aliphatic rings. The number of amides is 1. The molecule has 0 unspecified atom stereocenters. The number of anilines is 2. The first-order chi connectivity index (χ1) is 8.63. The summed E-state index contributed by atoms with van der Waals surface area (Å²) in [5.74, 6) is 0.871. The summed E-state index contributed by atoms with van der Waals surface area (Å²) in [6.45, 7) is 0. The molecule has 2 aromatic rings. The largest absolute Gasteiger partial charge is 0.465 e. The quantitative estimate of drug-likeness (QED) is 0.771. The van der Waals surface area contributed by atoms with Crippen LogP contribution >= 0.6 is 0 Å². The average Bonchev–Trinajstić information content (AvgIpc) is 2.32. The Hall–Kier alpha value is -2.76. The smallest absolute Gasteiger partial charge is 0.409 e. The number of hydrogen-bond donors (Lipinski definition) is 3. The minimum atomic E-state index is -1.13. The van der Waals surface area contributed by atoms with Crippen molar-refractivity contribution in [1.29, 1.82) is 0 Å². The van der Waals surface area contributed by atoms with Crippen LogP contribution in [-0.2, 0) is 0 Å². The van der Waals surface area contributed by atoms with Gasteiger partial charge in [-0.15, -0.1) is 0 Å². The molecule has 2 rings (SSSR count). The first kappa shape index (κ1) is 11.7.